The summed E-state index contributed by atoms with van der Waals surface area (Å²) < 4.78 is 0. The maximum absolute atomic E-state index is 6.50. The van der Waals surface area contributed by atoms with E-state index in [1.54, 1.807) is 5.57 Å². The van der Waals surface area contributed by atoms with Crippen molar-refractivity contribution in [3.63, 3.8) is 0 Å². The number of hydrogen-bond donors (Lipinski definition) is 2. The second kappa shape index (κ2) is 7.79. The molecular formula is C20H34N2. The molecule has 3 aliphatic rings. The lowest BCUT2D eigenvalue weighted by molar-refractivity contribution is 0.407. The van der Waals surface area contributed by atoms with Crippen LogP contribution in [0.1, 0.15) is 77.0 Å². The third-order valence-electron chi connectivity index (χ3n) is 6.09. The van der Waals surface area contributed by atoms with Crippen molar-refractivity contribution >= 4 is 0 Å². The minimum atomic E-state index is 0.0607. The van der Waals surface area contributed by atoms with Gasteiger partial charge in [0.2, 0.25) is 0 Å². The molecule has 0 bridgehead atoms. The van der Waals surface area contributed by atoms with Crippen LogP contribution < -0.4 is 11.5 Å². The van der Waals surface area contributed by atoms with Crippen LogP contribution in [0.4, 0.5) is 0 Å². The Hall–Kier alpha value is -0.600. The molecule has 2 nitrogen and oxygen atoms in total. The molecule has 2 heteroatoms. The van der Waals surface area contributed by atoms with Gasteiger partial charge in [0.15, 0.2) is 0 Å². The average Bonchev–Trinajstić information content (AvgIpc) is 2.56. The van der Waals surface area contributed by atoms with Crippen LogP contribution in [0.5, 0.6) is 0 Å². The molecule has 124 valence electrons. The number of rotatable bonds is 2. The Labute approximate surface area is 136 Å². The first-order chi connectivity index (χ1) is 10.7. The molecule has 0 aromatic heterocycles. The van der Waals surface area contributed by atoms with Crippen molar-refractivity contribution in [2.24, 2.45) is 23.3 Å². The lowest BCUT2D eigenvalue weighted by atomic mass is 9.77. The Morgan fingerprint density at radius 2 is 1.23 bits per heavy atom. The summed E-state index contributed by atoms with van der Waals surface area (Å²) in [6.45, 7) is 0. The van der Waals surface area contributed by atoms with E-state index in [9.17, 15) is 0 Å². The lowest BCUT2D eigenvalue weighted by Gasteiger charge is -2.33. The van der Waals surface area contributed by atoms with Crippen molar-refractivity contribution in [1.29, 1.82) is 0 Å². The SMILES string of the molecule is NC1CCC(=C/C2CCCCC2)/C(=C/C2CCCCC2)C1N. The van der Waals surface area contributed by atoms with Gasteiger partial charge in [-0.15, -0.1) is 0 Å². The van der Waals surface area contributed by atoms with Crippen LogP contribution in [0.3, 0.4) is 0 Å². The first-order valence-electron chi connectivity index (χ1n) is 9.68. The zero-order valence-corrected chi connectivity index (χ0v) is 14.1. The molecule has 3 saturated carbocycles. The Kier molecular flexibility index (Phi) is 5.76. The second-order valence-corrected chi connectivity index (χ2v) is 7.84. The molecule has 0 saturated heterocycles. The Morgan fingerprint density at radius 3 is 1.82 bits per heavy atom. The van der Waals surface area contributed by atoms with Crippen LogP contribution in [0, 0.1) is 11.8 Å². The van der Waals surface area contributed by atoms with Crippen molar-refractivity contribution in [3.8, 4) is 0 Å². The third kappa shape index (κ3) is 4.02. The lowest BCUT2D eigenvalue weighted by Crippen LogP contribution is -2.46. The molecule has 0 heterocycles. The summed E-state index contributed by atoms with van der Waals surface area (Å²) in [5.74, 6) is 1.54. The zero-order valence-electron chi connectivity index (χ0n) is 14.1. The molecule has 3 aliphatic carbocycles. The second-order valence-electron chi connectivity index (χ2n) is 7.84. The van der Waals surface area contributed by atoms with Gasteiger partial charge in [-0.1, -0.05) is 50.7 Å². The van der Waals surface area contributed by atoms with Crippen molar-refractivity contribution in [2.75, 3.05) is 0 Å². The van der Waals surface area contributed by atoms with Gasteiger partial charge in [0, 0.05) is 12.1 Å². The monoisotopic (exact) mass is 302 g/mol. The van der Waals surface area contributed by atoms with Gasteiger partial charge in [0.1, 0.15) is 0 Å². The summed E-state index contributed by atoms with van der Waals surface area (Å²) >= 11 is 0. The van der Waals surface area contributed by atoms with E-state index < -0.39 is 0 Å². The Bertz CT molecular complexity index is 411. The van der Waals surface area contributed by atoms with Crippen molar-refractivity contribution < 1.29 is 0 Å². The maximum atomic E-state index is 6.50. The molecule has 0 amide bonds. The minimum Gasteiger partial charge on any atom is -0.326 e. The van der Waals surface area contributed by atoms with E-state index in [1.165, 1.54) is 69.8 Å². The number of hydrogen-bond acceptors (Lipinski definition) is 2. The summed E-state index contributed by atoms with van der Waals surface area (Å²) in [4.78, 5) is 0. The molecule has 0 radical (unpaired) electrons. The van der Waals surface area contributed by atoms with Crippen LogP contribution in [-0.2, 0) is 0 Å². The zero-order chi connectivity index (χ0) is 15.4. The molecule has 0 aromatic rings. The van der Waals surface area contributed by atoms with E-state index in [1.807, 2.05) is 0 Å². The molecule has 22 heavy (non-hydrogen) atoms. The summed E-state index contributed by atoms with van der Waals surface area (Å²) in [7, 11) is 0. The van der Waals surface area contributed by atoms with E-state index in [2.05, 4.69) is 12.2 Å². The van der Waals surface area contributed by atoms with Crippen molar-refractivity contribution in [1.82, 2.24) is 0 Å². The van der Waals surface area contributed by atoms with Crippen LogP contribution in [0.15, 0.2) is 23.3 Å². The normalized spacial score (nSPS) is 36.1. The minimum absolute atomic E-state index is 0.0607. The van der Waals surface area contributed by atoms with Crippen LogP contribution in [0.2, 0.25) is 0 Å². The number of allylic oxidation sites excluding steroid dienone is 2. The predicted octanol–water partition coefficient (Wildman–Crippen LogP) is 4.45. The predicted molar refractivity (Wildman–Crippen MR) is 94.5 cm³/mol. The van der Waals surface area contributed by atoms with Gasteiger partial charge < -0.3 is 11.5 Å². The van der Waals surface area contributed by atoms with Gasteiger partial charge in [-0.05, 0) is 61.5 Å². The highest BCUT2D eigenvalue weighted by Crippen LogP contribution is 2.35. The average molecular weight is 303 g/mol. The van der Waals surface area contributed by atoms with Gasteiger partial charge in [-0.25, -0.2) is 0 Å². The largest absolute Gasteiger partial charge is 0.326 e. The number of nitrogens with two attached hydrogens (primary N) is 2. The molecule has 2 unspecified atom stereocenters. The van der Waals surface area contributed by atoms with Crippen LogP contribution >= 0.6 is 0 Å². The van der Waals surface area contributed by atoms with Crippen LogP contribution in [-0.4, -0.2) is 12.1 Å². The fourth-order valence-electron chi connectivity index (χ4n) is 4.63. The summed E-state index contributed by atoms with van der Waals surface area (Å²) in [6.07, 6.45) is 21.2. The van der Waals surface area contributed by atoms with Crippen molar-refractivity contribution in [3.05, 3.63) is 23.3 Å². The first-order valence-corrected chi connectivity index (χ1v) is 9.68. The van der Waals surface area contributed by atoms with E-state index in [0.29, 0.717) is 0 Å². The van der Waals surface area contributed by atoms with Gasteiger partial charge in [0.05, 0.1) is 0 Å². The Morgan fingerprint density at radius 1 is 0.682 bits per heavy atom. The summed E-state index contributed by atoms with van der Waals surface area (Å²) in [5, 5.41) is 0. The molecule has 0 spiro atoms. The molecule has 3 fully saturated rings. The van der Waals surface area contributed by atoms with Gasteiger partial charge in [0.25, 0.3) is 0 Å². The standard InChI is InChI=1S/C20H34N2/c21-19-12-11-17(13-15-7-3-1-4-8-15)18(20(19)22)14-16-9-5-2-6-10-16/h13-16,19-20H,1-12,21-22H2/b17-13-,18-14-. The van der Waals surface area contributed by atoms with E-state index in [4.69, 9.17) is 11.5 Å². The highest BCUT2D eigenvalue weighted by molar-refractivity contribution is 5.40. The molecule has 4 N–H and O–H groups in total. The fraction of sp³-hybridized carbons (Fsp3) is 0.800. The van der Waals surface area contributed by atoms with Gasteiger partial charge in [-0.3, -0.25) is 0 Å². The Balaban J connectivity index is 1.78. The van der Waals surface area contributed by atoms with Crippen LogP contribution in [0.25, 0.3) is 0 Å². The summed E-state index contributed by atoms with van der Waals surface area (Å²) in [6, 6.07) is 0.212. The quantitative estimate of drug-likeness (QED) is 0.792. The molecule has 3 rings (SSSR count). The van der Waals surface area contributed by atoms with E-state index in [-0.39, 0.29) is 12.1 Å². The highest BCUT2D eigenvalue weighted by atomic mass is 14.8. The van der Waals surface area contributed by atoms with Crippen molar-refractivity contribution in [2.45, 2.75) is 89.1 Å². The topological polar surface area (TPSA) is 52.0 Å². The van der Waals surface area contributed by atoms with Gasteiger partial charge >= 0.3 is 0 Å². The fourth-order valence-corrected chi connectivity index (χ4v) is 4.63. The summed E-state index contributed by atoms with van der Waals surface area (Å²) in [5.41, 5.74) is 15.7. The molecule has 0 aromatic carbocycles. The maximum Gasteiger partial charge on any atom is 0.0448 e. The molecule has 0 aliphatic heterocycles. The third-order valence-corrected chi connectivity index (χ3v) is 6.09. The first kappa shape index (κ1) is 16.3. The highest BCUT2D eigenvalue weighted by Gasteiger charge is 2.28. The molecular weight excluding hydrogens is 268 g/mol. The van der Waals surface area contributed by atoms with E-state index >= 15 is 0 Å². The van der Waals surface area contributed by atoms with E-state index in [0.717, 1.165) is 24.7 Å². The van der Waals surface area contributed by atoms with Gasteiger partial charge in [-0.2, -0.15) is 0 Å². The molecule has 2 atom stereocenters. The smallest absolute Gasteiger partial charge is 0.0448 e.